The summed E-state index contributed by atoms with van der Waals surface area (Å²) in [5.41, 5.74) is 2.32. The van der Waals surface area contributed by atoms with Crippen LogP contribution in [0.5, 0.6) is 0 Å². The normalized spacial score (nSPS) is 12.8. The molecule has 0 aliphatic rings. The van der Waals surface area contributed by atoms with Crippen molar-refractivity contribution in [2.24, 2.45) is 0 Å². The molecule has 0 aliphatic carbocycles. The van der Waals surface area contributed by atoms with Crippen LogP contribution in [0, 0.1) is 0 Å². The minimum Gasteiger partial charge on any atom is -0.382 e. The first-order chi connectivity index (χ1) is 10.3. The van der Waals surface area contributed by atoms with Crippen molar-refractivity contribution in [2.75, 3.05) is 0 Å². The molecule has 4 rings (SSSR count). The lowest BCUT2D eigenvalue weighted by molar-refractivity contribution is 0.217. The maximum Gasteiger partial charge on any atom is 0.137 e. The van der Waals surface area contributed by atoms with E-state index in [1.807, 2.05) is 59.3 Å². The van der Waals surface area contributed by atoms with Gasteiger partial charge in [0.15, 0.2) is 0 Å². The average Bonchev–Trinajstić information content (AvgIpc) is 2.97. The van der Waals surface area contributed by atoms with Gasteiger partial charge in [-0.2, -0.15) is 0 Å². The van der Waals surface area contributed by atoms with Crippen LogP contribution in [0.25, 0.3) is 16.4 Å². The van der Waals surface area contributed by atoms with E-state index in [1.54, 1.807) is 12.4 Å². The highest BCUT2D eigenvalue weighted by atomic mass is 16.3. The summed E-state index contributed by atoms with van der Waals surface area (Å²) in [5.74, 6) is 0. The van der Waals surface area contributed by atoms with Crippen LogP contribution in [0.4, 0.5) is 0 Å². The second-order valence-corrected chi connectivity index (χ2v) is 4.98. The number of aromatic nitrogens is 3. The number of imidazole rings is 1. The van der Waals surface area contributed by atoms with Gasteiger partial charge in [0.1, 0.15) is 11.8 Å². The minimum absolute atomic E-state index is 0.644. The average molecular weight is 275 g/mol. The summed E-state index contributed by atoms with van der Waals surface area (Å²) in [6.07, 6.45) is 6.57. The lowest BCUT2D eigenvalue weighted by atomic mass is 10.0. The maximum atomic E-state index is 10.7. The molecule has 4 aromatic rings. The molecule has 1 unspecified atom stereocenters. The Morgan fingerprint density at radius 2 is 2.00 bits per heavy atom. The third-order valence-corrected chi connectivity index (χ3v) is 3.67. The summed E-state index contributed by atoms with van der Waals surface area (Å²) in [4.78, 5) is 8.61. The van der Waals surface area contributed by atoms with Gasteiger partial charge >= 0.3 is 0 Å². The fourth-order valence-electron chi connectivity index (χ4n) is 2.63. The van der Waals surface area contributed by atoms with Gasteiger partial charge in [0.2, 0.25) is 0 Å². The van der Waals surface area contributed by atoms with Gasteiger partial charge in [-0.05, 0) is 29.1 Å². The van der Waals surface area contributed by atoms with Gasteiger partial charge in [-0.15, -0.1) is 0 Å². The second-order valence-electron chi connectivity index (χ2n) is 4.98. The molecule has 0 radical (unpaired) electrons. The van der Waals surface area contributed by atoms with Crippen LogP contribution in [-0.2, 0) is 0 Å². The maximum absolute atomic E-state index is 10.7. The number of fused-ring (bicyclic) bond motifs is 2. The highest BCUT2D eigenvalue weighted by Crippen LogP contribution is 2.28. The molecular weight excluding hydrogens is 262 g/mol. The zero-order chi connectivity index (χ0) is 14.2. The number of aliphatic hydroxyl groups excluding tert-OH is 1. The molecule has 21 heavy (non-hydrogen) atoms. The first-order valence-corrected chi connectivity index (χ1v) is 6.77. The summed E-state index contributed by atoms with van der Waals surface area (Å²) < 4.78 is 1.91. The number of hydrogen-bond acceptors (Lipinski definition) is 3. The Morgan fingerprint density at radius 3 is 2.90 bits per heavy atom. The van der Waals surface area contributed by atoms with Gasteiger partial charge in [0.25, 0.3) is 0 Å². The zero-order valence-electron chi connectivity index (χ0n) is 11.2. The number of rotatable bonds is 2. The monoisotopic (exact) mass is 275 g/mol. The molecule has 1 aromatic carbocycles. The quantitative estimate of drug-likeness (QED) is 0.612. The Labute approximate surface area is 121 Å². The molecule has 0 fully saturated rings. The van der Waals surface area contributed by atoms with Crippen LogP contribution in [-0.4, -0.2) is 19.5 Å². The van der Waals surface area contributed by atoms with E-state index in [0.29, 0.717) is 5.69 Å². The lowest BCUT2D eigenvalue weighted by Crippen LogP contribution is -2.01. The summed E-state index contributed by atoms with van der Waals surface area (Å²) in [7, 11) is 0. The molecule has 102 valence electrons. The molecule has 0 saturated carbocycles. The number of pyridine rings is 2. The fourth-order valence-corrected chi connectivity index (χ4v) is 2.63. The van der Waals surface area contributed by atoms with Crippen molar-refractivity contribution >= 4 is 16.4 Å². The summed E-state index contributed by atoms with van der Waals surface area (Å²) in [6, 6.07) is 13.6. The molecule has 0 amide bonds. The molecular formula is C17H13N3O. The van der Waals surface area contributed by atoms with E-state index in [1.165, 1.54) is 0 Å². The van der Waals surface area contributed by atoms with E-state index >= 15 is 0 Å². The van der Waals surface area contributed by atoms with Gasteiger partial charge in [-0.1, -0.05) is 24.3 Å². The van der Waals surface area contributed by atoms with Gasteiger partial charge in [0.05, 0.1) is 5.69 Å². The molecule has 0 spiro atoms. The number of aliphatic hydroxyl groups is 1. The molecule has 3 aromatic heterocycles. The van der Waals surface area contributed by atoms with Crippen molar-refractivity contribution < 1.29 is 5.11 Å². The summed E-state index contributed by atoms with van der Waals surface area (Å²) in [6.45, 7) is 0. The Bertz CT molecular complexity index is 891. The van der Waals surface area contributed by atoms with Crippen LogP contribution < -0.4 is 0 Å². The van der Waals surface area contributed by atoms with Crippen molar-refractivity contribution in [3.8, 4) is 0 Å². The topological polar surface area (TPSA) is 50.4 Å². The van der Waals surface area contributed by atoms with Gasteiger partial charge in [0, 0.05) is 30.2 Å². The van der Waals surface area contributed by atoms with Gasteiger partial charge in [-0.3, -0.25) is 4.98 Å². The van der Waals surface area contributed by atoms with Crippen molar-refractivity contribution in [1.82, 2.24) is 14.4 Å². The van der Waals surface area contributed by atoms with Crippen molar-refractivity contribution in [1.29, 1.82) is 0 Å². The Kier molecular flexibility index (Phi) is 2.69. The van der Waals surface area contributed by atoms with Gasteiger partial charge in [-0.25, -0.2) is 4.98 Å². The van der Waals surface area contributed by atoms with Gasteiger partial charge < -0.3 is 9.51 Å². The SMILES string of the molecule is OC(c1cn2ccccc2n1)c1cccc2cnccc12. The summed E-state index contributed by atoms with van der Waals surface area (Å²) in [5, 5.41) is 12.7. The summed E-state index contributed by atoms with van der Waals surface area (Å²) >= 11 is 0. The standard InChI is InChI=1S/C17H13N3O/c21-17(15-11-20-9-2-1-6-16(20)19-15)14-5-3-4-12-10-18-8-7-13(12)14/h1-11,17,21H. The Hall–Kier alpha value is -2.72. The van der Waals surface area contributed by atoms with E-state index < -0.39 is 6.10 Å². The van der Waals surface area contributed by atoms with Crippen LogP contribution in [0.2, 0.25) is 0 Å². The third kappa shape index (κ3) is 1.97. The smallest absolute Gasteiger partial charge is 0.137 e. The molecule has 0 saturated heterocycles. The third-order valence-electron chi connectivity index (χ3n) is 3.67. The first-order valence-electron chi connectivity index (χ1n) is 6.77. The predicted molar refractivity (Wildman–Crippen MR) is 81.0 cm³/mol. The number of nitrogens with zero attached hydrogens (tertiary/aromatic N) is 3. The van der Waals surface area contributed by atoms with Crippen LogP contribution in [0.3, 0.4) is 0 Å². The number of benzene rings is 1. The molecule has 0 bridgehead atoms. The largest absolute Gasteiger partial charge is 0.382 e. The van der Waals surface area contributed by atoms with Crippen molar-refractivity contribution in [3.63, 3.8) is 0 Å². The molecule has 0 aliphatic heterocycles. The van der Waals surface area contributed by atoms with Crippen molar-refractivity contribution in [3.05, 3.63) is 78.5 Å². The van der Waals surface area contributed by atoms with Crippen LogP contribution in [0.1, 0.15) is 17.4 Å². The second kappa shape index (κ2) is 4.68. The van der Waals surface area contributed by atoms with Crippen LogP contribution >= 0.6 is 0 Å². The van der Waals surface area contributed by atoms with E-state index in [4.69, 9.17) is 0 Å². The fraction of sp³-hybridized carbons (Fsp3) is 0.0588. The van der Waals surface area contributed by atoms with Crippen molar-refractivity contribution in [2.45, 2.75) is 6.10 Å². The molecule has 1 N–H and O–H groups in total. The molecule has 4 nitrogen and oxygen atoms in total. The highest BCUT2D eigenvalue weighted by Gasteiger charge is 2.16. The molecule has 3 heterocycles. The molecule has 4 heteroatoms. The van der Waals surface area contributed by atoms with E-state index in [2.05, 4.69) is 9.97 Å². The van der Waals surface area contributed by atoms with Crippen LogP contribution in [0.15, 0.2) is 67.3 Å². The Balaban J connectivity index is 1.87. The minimum atomic E-state index is -0.754. The molecule has 1 atom stereocenters. The van der Waals surface area contributed by atoms with E-state index in [-0.39, 0.29) is 0 Å². The first kappa shape index (κ1) is 12.1. The predicted octanol–water partition coefficient (Wildman–Crippen LogP) is 2.96. The van der Waals surface area contributed by atoms with E-state index in [0.717, 1.165) is 22.0 Å². The lowest BCUT2D eigenvalue weighted by Gasteiger charge is -2.11. The number of hydrogen-bond donors (Lipinski definition) is 1. The highest BCUT2D eigenvalue weighted by molar-refractivity contribution is 5.85. The zero-order valence-corrected chi connectivity index (χ0v) is 11.2. The Morgan fingerprint density at radius 1 is 1.05 bits per heavy atom. The van der Waals surface area contributed by atoms with E-state index in [9.17, 15) is 5.11 Å².